The normalized spacial score (nSPS) is 15.5. The Bertz CT molecular complexity index is 1350. The molecule has 8 nitrogen and oxygen atoms in total. The molecule has 1 fully saturated rings. The average Bonchev–Trinajstić information content (AvgIpc) is 3.45. The molecule has 5 rings (SSSR count). The lowest BCUT2D eigenvalue weighted by Gasteiger charge is -2.35. The predicted molar refractivity (Wildman–Crippen MR) is 126 cm³/mol. The van der Waals surface area contributed by atoms with Crippen LogP contribution in [0.15, 0.2) is 61.1 Å². The van der Waals surface area contributed by atoms with Crippen molar-refractivity contribution < 1.29 is 8.42 Å². The number of pyridine rings is 1. The van der Waals surface area contributed by atoms with Crippen LogP contribution in [0.4, 0.5) is 5.82 Å². The highest BCUT2D eigenvalue weighted by Crippen LogP contribution is 2.29. The maximum absolute atomic E-state index is 12.2. The molecule has 0 saturated carbocycles. The zero-order chi connectivity index (χ0) is 22.3. The van der Waals surface area contributed by atoms with E-state index in [-0.39, 0.29) is 5.75 Å². The van der Waals surface area contributed by atoms with Gasteiger partial charge in [0.25, 0.3) is 0 Å². The van der Waals surface area contributed by atoms with Crippen LogP contribution in [0.2, 0.25) is 0 Å². The third-order valence-electron chi connectivity index (χ3n) is 6.05. The van der Waals surface area contributed by atoms with Crippen LogP contribution in [-0.2, 0) is 17.1 Å². The van der Waals surface area contributed by atoms with Crippen molar-refractivity contribution in [2.24, 2.45) is 7.05 Å². The minimum absolute atomic E-state index is 0.142. The molecule has 3 aromatic heterocycles. The number of piperazine rings is 1. The van der Waals surface area contributed by atoms with Gasteiger partial charge in [-0.3, -0.25) is 9.08 Å². The lowest BCUT2D eigenvalue weighted by atomic mass is 10.1. The predicted octanol–water partition coefficient (Wildman–Crippen LogP) is 2.87. The molecule has 0 aliphatic carbocycles. The van der Waals surface area contributed by atoms with E-state index in [1.54, 1.807) is 15.9 Å². The van der Waals surface area contributed by atoms with Crippen LogP contribution >= 0.6 is 0 Å². The molecule has 4 aromatic rings. The summed E-state index contributed by atoms with van der Waals surface area (Å²) in [5, 5.41) is 4.25. The summed E-state index contributed by atoms with van der Waals surface area (Å²) in [6.07, 6.45) is 5.76. The molecule has 1 aromatic carbocycles. The number of sulfonamides is 1. The first-order valence-corrected chi connectivity index (χ1v) is 12.4. The van der Waals surface area contributed by atoms with Gasteiger partial charge in [-0.2, -0.15) is 9.40 Å². The Labute approximate surface area is 187 Å². The zero-order valence-electron chi connectivity index (χ0n) is 18.2. The Morgan fingerprint density at radius 2 is 1.62 bits per heavy atom. The van der Waals surface area contributed by atoms with E-state index in [1.807, 2.05) is 37.8 Å². The van der Waals surface area contributed by atoms with Crippen LogP contribution in [0.5, 0.6) is 0 Å². The Morgan fingerprint density at radius 3 is 2.28 bits per heavy atom. The fourth-order valence-corrected chi connectivity index (χ4v) is 5.34. The minimum atomic E-state index is -3.15. The number of aryl methyl sites for hydroxylation is 1. The molecular formula is C23H26N6O2S. The van der Waals surface area contributed by atoms with Crippen LogP contribution in [-0.4, -0.2) is 63.8 Å². The van der Waals surface area contributed by atoms with Gasteiger partial charge in [-0.25, -0.2) is 13.4 Å². The van der Waals surface area contributed by atoms with E-state index in [1.165, 1.54) is 0 Å². The molecule has 0 atom stereocenters. The van der Waals surface area contributed by atoms with Gasteiger partial charge < -0.3 is 4.90 Å². The third kappa shape index (κ3) is 3.67. The standard InChI is InChI=1S/C23H26N6O2S/c1-3-32(30,31)28-13-11-27(12-14-28)23-6-4-5-22-24-16-21(29(22)23)19-9-7-18(8-10-19)20-15-25-26(2)17-20/h4-10,15-17H,3,11-14H2,1-2H3. The number of anilines is 1. The summed E-state index contributed by atoms with van der Waals surface area (Å²) in [4.78, 5) is 6.86. The maximum atomic E-state index is 12.2. The molecule has 0 unspecified atom stereocenters. The van der Waals surface area contributed by atoms with Crippen molar-refractivity contribution >= 4 is 21.5 Å². The van der Waals surface area contributed by atoms with Gasteiger partial charge in [-0.15, -0.1) is 0 Å². The second kappa shape index (κ2) is 8.07. The van der Waals surface area contributed by atoms with E-state index in [4.69, 9.17) is 0 Å². The number of benzene rings is 1. The molecule has 166 valence electrons. The third-order valence-corrected chi connectivity index (χ3v) is 7.93. The SMILES string of the molecule is CCS(=O)(=O)N1CCN(c2cccc3ncc(-c4ccc(-c5cnn(C)c5)cc4)n23)CC1. The smallest absolute Gasteiger partial charge is 0.213 e. The summed E-state index contributed by atoms with van der Waals surface area (Å²) >= 11 is 0. The molecule has 1 aliphatic rings. The summed E-state index contributed by atoms with van der Waals surface area (Å²) < 4.78 is 30.0. The highest BCUT2D eigenvalue weighted by molar-refractivity contribution is 7.89. The lowest BCUT2D eigenvalue weighted by Crippen LogP contribution is -2.49. The summed E-state index contributed by atoms with van der Waals surface area (Å²) in [5.74, 6) is 1.17. The van der Waals surface area contributed by atoms with Crippen molar-refractivity contribution in [1.29, 1.82) is 0 Å². The van der Waals surface area contributed by atoms with E-state index < -0.39 is 10.0 Å². The second-order valence-electron chi connectivity index (χ2n) is 7.99. The van der Waals surface area contributed by atoms with Gasteiger partial charge in [-0.1, -0.05) is 30.3 Å². The number of hydrogen-bond acceptors (Lipinski definition) is 5. The summed E-state index contributed by atoms with van der Waals surface area (Å²) in [7, 11) is -1.24. The first kappa shape index (κ1) is 20.7. The number of rotatable bonds is 5. The first-order valence-electron chi connectivity index (χ1n) is 10.7. The number of fused-ring (bicyclic) bond motifs is 1. The topological polar surface area (TPSA) is 75.7 Å². The van der Waals surface area contributed by atoms with Crippen molar-refractivity contribution in [3.63, 3.8) is 0 Å². The highest BCUT2D eigenvalue weighted by Gasteiger charge is 2.26. The molecule has 0 radical (unpaired) electrons. The average molecular weight is 451 g/mol. The van der Waals surface area contributed by atoms with E-state index in [0.717, 1.165) is 33.8 Å². The van der Waals surface area contributed by atoms with Crippen molar-refractivity contribution in [1.82, 2.24) is 23.5 Å². The van der Waals surface area contributed by atoms with Crippen LogP contribution in [0, 0.1) is 0 Å². The van der Waals surface area contributed by atoms with Gasteiger partial charge in [0, 0.05) is 50.6 Å². The fraction of sp³-hybridized carbons (Fsp3) is 0.304. The van der Waals surface area contributed by atoms with Gasteiger partial charge in [0.05, 0.1) is 23.8 Å². The van der Waals surface area contributed by atoms with Crippen LogP contribution < -0.4 is 4.90 Å². The van der Waals surface area contributed by atoms with Crippen molar-refractivity contribution in [3.05, 3.63) is 61.1 Å². The Hall–Kier alpha value is -3.17. The van der Waals surface area contributed by atoms with Crippen LogP contribution in [0.1, 0.15) is 6.92 Å². The minimum Gasteiger partial charge on any atom is -0.355 e. The van der Waals surface area contributed by atoms with E-state index in [2.05, 4.69) is 49.7 Å². The molecule has 0 N–H and O–H groups in total. The molecule has 1 aliphatic heterocycles. The fourth-order valence-electron chi connectivity index (χ4n) is 4.25. The number of aromatic nitrogens is 4. The molecule has 9 heteroatoms. The maximum Gasteiger partial charge on any atom is 0.213 e. The Kier molecular flexibility index (Phi) is 5.22. The van der Waals surface area contributed by atoms with Crippen molar-refractivity contribution in [3.8, 4) is 22.4 Å². The van der Waals surface area contributed by atoms with Crippen molar-refractivity contribution in [2.45, 2.75) is 6.92 Å². The second-order valence-corrected chi connectivity index (χ2v) is 10.2. The molecule has 4 heterocycles. The quantitative estimate of drug-likeness (QED) is 0.467. The largest absolute Gasteiger partial charge is 0.355 e. The number of hydrogen-bond donors (Lipinski definition) is 0. The van der Waals surface area contributed by atoms with E-state index in [9.17, 15) is 8.42 Å². The zero-order valence-corrected chi connectivity index (χ0v) is 19.0. The monoisotopic (exact) mass is 450 g/mol. The molecular weight excluding hydrogens is 424 g/mol. The van der Waals surface area contributed by atoms with Crippen molar-refractivity contribution in [2.75, 3.05) is 36.8 Å². The van der Waals surface area contributed by atoms with E-state index in [0.29, 0.717) is 26.2 Å². The highest BCUT2D eigenvalue weighted by atomic mass is 32.2. The van der Waals surface area contributed by atoms with Crippen LogP contribution in [0.3, 0.4) is 0 Å². The Morgan fingerprint density at radius 1 is 0.906 bits per heavy atom. The van der Waals surface area contributed by atoms with Gasteiger partial charge in [0.2, 0.25) is 10.0 Å². The van der Waals surface area contributed by atoms with Gasteiger partial charge >= 0.3 is 0 Å². The summed E-state index contributed by atoms with van der Waals surface area (Å²) in [6.45, 7) is 3.98. The van der Waals surface area contributed by atoms with Gasteiger partial charge in [-0.05, 0) is 24.6 Å². The summed E-state index contributed by atoms with van der Waals surface area (Å²) in [5.41, 5.74) is 5.15. The molecule has 32 heavy (non-hydrogen) atoms. The van der Waals surface area contributed by atoms with E-state index >= 15 is 0 Å². The molecule has 0 spiro atoms. The Balaban J connectivity index is 1.46. The van der Waals surface area contributed by atoms with Gasteiger partial charge in [0.1, 0.15) is 11.5 Å². The number of imidazole rings is 1. The van der Waals surface area contributed by atoms with Gasteiger partial charge in [0.15, 0.2) is 0 Å². The molecule has 1 saturated heterocycles. The lowest BCUT2D eigenvalue weighted by molar-refractivity contribution is 0.384. The molecule has 0 amide bonds. The number of nitrogens with zero attached hydrogens (tertiary/aromatic N) is 6. The van der Waals surface area contributed by atoms with Crippen LogP contribution in [0.25, 0.3) is 28.0 Å². The first-order chi connectivity index (χ1) is 15.5. The summed E-state index contributed by atoms with van der Waals surface area (Å²) in [6, 6.07) is 14.5. The molecule has 0 bridgehead atoms.